The number of aliphatic hydroxyl groups is 2. The highest BCUT2D eigenvalue weighted by Crippen LogP contribution is 2.42. The van der Waals surface area contributed by atoms with Crippen molar-refractivity contribution in [2.45, 2.75) is 31.7 Å². The molecule has 4 rings (SSSR count). The van der Waals surface area contributed by atoms with Crippen LogP contribution >= 0.6 is 0 Å². The van der Waals surface area contributed by atoms with Crippen LogP contribution < -0.4 is 14.2 Å². The van der Waals surface area contributed by atoms with Gasteiger partial charge in [0.1, 0.15) is 28.6 Å². The quantitative estimate of drug-likeness (QED) is 0.687. The lowest BCUT2D eigenvalue weighted by Crippen LogP contribution is -2.57. The Morgan fingerprint density at radius 2 is 1.59 bits per heavy atom. The Bertz CT molecular complexity index is 940. The number of benzene rings is 2. The van der Waals surface area contributed by atoms with Gasteiger partial charge in [-0.25, -0.2) is 0 Å². The summed E-state index contributed by atoms with van der Waals surface area (Å²) >= 11 is 0. The Labute approximate surface area is 156 Å². The number of hydrogen-bond acceptors (Lipinski definition) is 6. The average Bonchev–Trinajstić information content (AvgIpc) is 3.02. The van der Waals surface area contributed by atoms with E-state index in [-0.39, 0.29) is 6.42 Å². The summed E-state index contributed by atoms with van der Waals surface area (Å²) in [7, 11) is 3.20. The molecule has 1 aromatic heterocycles. The van der Waals surface area contributed by atoms with Crippen LogP contribution in [0.4, 0.5) is 0 Å². The van der Waals surface area contributed by atoms with Crippen LogP contribution in [0.25, 0.3) is 22.3 Å². The van der Waals surface area contributed by atoms with Crippen molar-refractivity contribution in [1.82, 2.24) is 0 Å². The third kappa shape index (κ3) is 2.91. The molecule has 3 aromatic rings. The second-order valence-electron chi connectivity index (χ2n) is 7.32. The predicted octanol–water partition coefficient (Wildman–Crippen LogP) is 3.51. The van der Waals surface area contributed by atoms with Crippen molar-refractivity contribution in [2.75, 3.05) is 14.2 Å². The molecule has 142 valence electrons. The van der Waals surface area contributed by atoms with Crippen LogP contribution in [0.3, 0.4) is 0 Å². The molecular weight excluding hydrogens is 348 g/mol. The SMILES string of the molecule is COc1cc(OC)cc(-c2cc3cc4c(cc3o2)OC(C)(C)C(O)(O)C4)c1. The molecular formula is C21H22O6. The highest BCUT2D eigenvalue weighted by atomic mass is 16.6. The van der Waals surface area contributed by atoms with E-state index in [0.717, 1.165) is 16.5 Å². The van der Waals surface area contributed by atoms with E-state index < -0.39 is 11.4 Å². The lowest BCUT2D eigenvalue weighted by atomic mass is 9.87. The van der Waals surface area contributed by atoms with Crippen molar-refractivity contribution in [2.24, 2.45) is 0 Å². The maximum Gasteiger partial charge on any atom is 0.207 e. The molecule has 0 bridgehead atoms. The summed E-state index contributed by atoms with van der Waals surface area (Å²) < 4.78 is 22.5. The fraction of sp³-hybridized carbons (Fsp3) is 0.333. The molecule has 0 saturated carbocycles. The van der Waals surface area contributed by atoms with E-state index in [9.17, 15) is 10.2 Å². The number of rotatable bonds is 3. The lowest BCUT2D eigenvalue weighted by molar-refractivity contribution is -0.259. The number of fused-ring (bicyclic) bond motifs is 2. The van der Waals surface area contributed by atoms with Crippen molar-refractivity contribution < 1.29 is 28.8 Å². The summed E-state index contributed by atoms with van der Waals surface area (Å²) in [6.07, 6.45) is 0.0821. The number of hydrogen-bond donors (Lipinski definition) is 2. The van der Waals surface area contributed by atoms with Gasteiger partial charge in [-0.3, -0.25) is 0 Å². The summed E-state index contributed by atoms with van der Waals surface area (Å²) in [6, 6.07) is 11.1. The average molecular weight is 370 g/mol. The van der Waals surface area contributed by atoms with E-state index in [1.807, 2.05) is 24.3 Å². The topological polar surface area (TPSA) is 81.3 Å². The van der Waals surface area contributed by atoms with Crippen molar-refractivity contribution in [1.29, 1.82) is 0 Å². The van der Waals surface area contributed by atoms with Crippen molar-refractivity contribution in [3.63, 3.8) is 0 Å². The summed E-state index contributed by atoms with van der Waals surface area (Å²) in [6.45, 7) is 3.30. The van der Waals surface area contributed by atoms with Gasteiger partial charge < -0.3 is 28.8 Å². The molecule has 2 N–H and O–H groups in total. The molecule has 0 unspecified atom stereocenters. The fourth-order valence-corrected chi connectivity index (χ4v) is 3.28. The molecule has 0 aliphatic carbocycles. The second-order valence-corrected chi connectivity index (χ2v) is 7.32. The van der Waals surface area contributed by atoms with Gasteiger partial charge in [0.15, 0.2) is 5.60 Å². The minimum atomic E-state index is -1.94. The third-order valence-electron chi connectivity index (χ3n) is 5.10. The number of ether oxygens (including phenoxy) is 3. The van der Waals surface area contributed by atoms with E-state index >= 15 is 0 Å². The molecule has 0 atom stereocenters. The Morgan fingerprint density at radius 3 is 2.22 bits per heavy atom. The number of furan rings is 1. The Hall–Kier alpha value is -2.70. The largest absolute Gasteiger partial charge is 0.497 e. The molecule has 0 spiro atoms. The van der Waals surface area contributed by atoms with Crippen molar-refractivity contribution >= 4 is 11.0 Å². The van der Waals surface area contributed by atoms with Gasteiger partial charge in [0, 0.05) is 35.1 Å². The minimum absolute atomic E-state index is 0.0821. The van der Waals surface area contributed by atoms with E-state index in [4.69, 9.17) is 18.6 Å². The molecule has 0 radical (unpaired) electrons. The van der Waals surface area contributed by atoms with Gasteiger partial charge >= 0.3 is 0 Å². The number of methoxy groups -OCH3 is 2. The van der Waals surface area contributed by atoms with Gasteiger partial charge in [-0.2, -0.15) is 0 Å². The van der Waals surface area contributed by atoms with Gasteiger partial charge in [-0.1, -0.05) is 0 Å². The zero-order valence-electron chi connectivity index (χ0n) is 15.7. The molecule has 6 heteroatoms. The summed E-state index contributed by atoms with van der Waals surface area (Å²) in [5.41, 5.74) is 1.08. The normalized spacial score (nSPS) is 17.3. The second kappa shape index (κ2) is 5.90. The van der Waals surface area contributed by atoms with Gasteiger partial charge in [-0.05, 0) is 38.1 Å². The van der Waals surface area contributed by atoms with Crippen LogP contribution in [0.5, 0.6) is 17.2 Å². The standard InChI is InChI=1S/C21H22O6/c1-20(2)21(22,23)11-14-5-12-8-17(26-18(12)10-19(14)27-20)13-6-15(24-3)9-16(7-13)25-4/h5-10,22-23H,11H2,1-4H3. The van der Waals surface area contributed by atoms with Crippen LogP contribution in [0.1, 0.15) is 19.4 Å². The first-order valence-corrected chi connectivity index (χ1v) is 8.66. The first-order chi connectivity index (χ1) is 12.7. The molecule has 2 heterocycles. The molecule has 0 saturated heterocycles. The first-order valence-electron chi connectivity index (χ1n) is 8.66. The highest BCUT2D eigenvalue weighted by molar-refractivity contribution is 5.85. The molecule has 27 heavy (non-hydrogen) atoms. The Balaban J connectivity index is 1.81. The molecule has 2 aromatic carbocycles. The monoisotopic (exact) mass is 370 g/mol. The zero-order valence-corrected chi connectivity index (χ0v) is 15.7. The van der Waals surface area contributed by atoms with Crippen molar-refractivity contribution in [3.05, 3.63) is 42.0 Å². The molecule has 1 aliphatic heterocycles. The van der Waals surface area contributed by atoms with Gasteiger partial charge in [0.2, 0.25) is 5.79 Å². The van der Waals surface area contributed by atoms with E-state index in [1.54, 1.807) is 40.2 Å². The van der Waals surface area contributed by atoms with Crippen LogP contribution in [-0.4, -0.2) is 35.8 Å². The maximum atomic E-state index is 10.3. The van der Waals surface area contributed by atoms with Gasteiger partial charge in [0.25, 0.3) is 0 Å². The first kappa shape index (κ1) is 17.7. The van der Waals surface area contributed by atoms with Gasteiger partial charge in [-0.15, -0.1) is 0 Å². The Kier molecular flexibility index (Phi) is 3.87. The molecule has 0 amide bonds. The van der Waals surface area contributed by atoms with Crippen LogP contribution in [-0.2, 0) is 6.42 Å². The summed E-state index contributed by atoms with van der Waals surface area (Å²) in [5, 5.41) is 21.4. The van der Waals surface area contributed by atoms with Crippen LogP contribution in [0.2, 0.25) is 0 Å². The summed E-state index contributed by atoms with van der Waals surface area (Å²) in [5.74, 6) is 0.637. The minimum Gasteiger partial charge on any atom is -0.497 e. The molecule has 6 nitrogen and oxygen atoms in total. The lowest BCUT2D eigenvalue weighted by Gasteiger charge is -2.42. The zero-order chi connectivity index (χ0) is 19.4. The van der Waals surface area contributed by atoms with Crippen molar-refractivity contribution in [3.8, 4) is 28.6 Å². The van der Waals surface area contributed by atoms with E-state index in [2.05, 4.69) is 0 Å². The van der Waals surface area contributed by atoms with E-state index in [1.165, 1.54) is 0 Å². The molecule has 0 fully saturated rings. The fourth-order valence-electron chi connectivity index (χ4n) is 3.28. The van der Waals surface area contributed by atoms with Crippen LogP contribution in [0.15, 0.2) is 40.8 Å². The van der Waals surface area contributed by atoms with Crippen LogP contribution in [0, 0.1) is 0 Å². The maximum absolute atomic E-state index is 10.3. The Morgan fingerprint density at radius 1 is 0.926 bits per heavy atom. The van der Waals surface area contributed by atoms with Gasteiger partial charge in [0.05, 0.1) is 14.2 Å². The van der Waals surface area contributed by atoms with E-state index in [0.29, 0.717) is 28.6 Å². The smallest absolute Gasteiger partial charge is 0.207 e. The third-order valence-corrected chi connectivity index (χ3v) is 5.10. The predicted molar refractivity (Wildman–Crippen MR) is 100 cm³/mol. The highest BCUT2D eigenvalue weighted by Gasteiger charge is 2.48. The molecule has 1 aliphatic rings. The summed E-state index contributed by atoms with van der Waals surface area (Å²) in [4.78, 5) is 0.